The molecule has 0 fully saturated rings. The van der Waals surface area contributed by atoms with Crippen molar-refractivity contribution < 1.29 is 0 Å². The number of fused-ring (bicyclic) bond motifs is 1. The smallest absolute Gasteiger partial charge is 0.123 e. The summed E-state index contributed by atoms with van der Waals surface area (Å²) in [5.74, 6) is 0.105. The number of amidine groups is 1. The number of benzene rings is 2. The van der Waals surface area contributed by atoms with E-state index in [1.165, 1.54) is 0 Å². The van der Waals surface area contributed by atoms with Crippen LogP contribution in [0.2, 0.25) is 0 Å². The van der Waals surface area contributed by atoms with Gasteiger partial charge in [-0.1, -0.05) is 24.3 Å². The quantitative estimate of drug-likeness (QED) is 0.558. The summed E-state index contributed by atoms with van der Waals surface area (Å²) in [5.41, 5.74) is 7.48. The van der Waals surface area contributed by atoms with E-state index in [1.807, 2.05) is 30.3 Å². The predicted molar refractivity (Wildman–Crippen MR) is 78.3 cm³/mol. The molecule has 0 bridgehead atoms. The Morgan fingerprint density at radius 2 is 1.67 bits per heavy atom. The molecule has 94 valence electrons. The molecule has 0 heterocycles. The molecule has 0 spiro atoms. The molecular weight excluding hydrogens is 222 g/mol. The van der Waals surface area contributed by atoms with Crippen LogP contribution in [-0.2, 0) is 0 Å². The van der Waals surface area contributed by atoms with E-state index in [-0.39, 0.29) is 11.4 Å². The highest BCUT2D eigenvalue weighted by atomic mass is 14.9. The van der Waals surface area contributed by atoms with Crippen molar-refractivity contribution in [3.8, 4) is 0 Å². The van der Waals surface area contributed by atoms with Gasteiger partial charge in [0.25, 0.3) is 0 Å². The third-order valence-electron chi connectivity index (χ3n) is 2.72. The standard InChI is InChI=1S/C15H19N3/c1-15(2,3)18-13-9-8-12(14(16)17)10-6-4-5-7-11(10)13/h4-9,18H,1-3H3,(H3,16,17). The number of hydrogen-bond acceptors (Lipinski definition) is 2. The highest BCUT2D eigenvalue weighted by Crippen LogP contribution is 2.28. The predicted octanol–water partition coefficient (Wildman–Crippen LogP) is 3.33. The molecule has 2 aromatic carbocycles. The Kier molecular flexibility index (Phi) is 2.99. The first kappa shape index (κ1) is 12.4. The topological polar surface area (TPSA) is 61.9 Å². The summed E-state index contributed by atoms with van der Waals surface area (Å²) < 4.78 is 0. The SMILES string of the molecule is CC(C)(C)Nc1ccc(C(=N)N)c2ccccc12. The lowest BCUT2D eigenvalue weighted by molar-refractivity contribution is 0.635. The molecule has 0 aliphatic rings. The van der Waals surface area contributed by atoms with Crippen molar-refractivity contribution in [2.24, 2.45) is 5.73 Å². The fraction of sp³-hybridized carbons (Fsp3) is 0.267. The van der Waals surface area contributed by atoms with Crippen LogP contribution in [0.25, 0.3) is 10.8 Å². The van der Waals surface area contributed by atoms with E-state index in [0.717, 1.165) is 22.0 Å². The van der Waals surface area contributed by atoms with Gasteiger partial charge in [-0.05, 0) is 38.3 Å². The van der Waals surface area contributed by atoms with Gasteiger partial charge in [-0.2, -0.15) is 0 Å². The van der Waals surface area contributed by atoms with E-state index in [1.54, 1.807) is 0 Å². The first-order valence-electron chi connectivity index (χ1n) is 6.03. The fourth-order valence-corrected chi connectivity index (χ4v) is 2.05. The van der Waals surface area contributed by atoms with Crippen LogP contribution in [0, 0.1) is 5.41 Å². The van der Waals surface area contributed by atoms with Crippen LogP contribution in [0.4, 0.5) is 5.69 Å². The summed E-state index contributed by atoms with van der Waals surface area (Å²) in [6.07, 6.45) is 0. The van der Waals surface area contributed by atoms with Gasteiger partial charge in [-0.15, -0.1) is 0 Å². The Bertz CT molecular complexity index is 594. The Morgan fingerprint density at radius 1 is 1.06 bits per heavy atom. The molecule has 0 unspecified atom stereocenters. The van der Waals surface area contributed by atoms with Crippen LogP contribution in [0.15, 0.2) is 36.4 Å². The Balaban J connectivity index is 2.65. The molecule has 0 radical (unpaired) electrons. The van der Waals surface area contributed by atoms with E-state index in [2.05, 4.69) is 32.2 Å². The normalized spacial score (nSPS) is 11.5. The number of nitrogens with one attached hydrogen (secondary N) is 2. The van der Waals surface area contributed by atoms with Crippen molar-refractivity contribution in [1.82, 2.24) is 0 Å². The lowest BCUT2D eigenvalue weighted by Gasteiger charge is -2.24. The number of anilines is 1. The molecule has 2 rings (SSSR count). The molecule has 0 aliphatic heterocycles. The minimum absolute atomic E-state index is 0.000508. The second-order valence-electron chi connectivity index (χ2n) is 5.49. The van der Waals surface area contributed by atoms with E-state index in [9.17, 15) is 0 Å². The molecule has 4 N–H and O–H groups in total. The fourth-order valence-electron chi connectivity index (χ4n) is 2.05. The average molecular weight is 241 g/mol. The van der Waals surface area contributed by atoms with Gasteiger partial charge in [0, 0.05) is 22.2 Å². The van der Waals surface area contributed by atoms with Crippen LogP contribution >= 0.6 is 0 Å². The summed E-state index contributed by atoms with van der Waals surface area (Å²) in [6, 6.07) is 11.9. The Hall–Kier alpha value is -2.03. The zero-order valence-electron chi connectivity index (χ0n) is 11.0. The number of rotatable bonds is 2. The van der Waals surface area contributed by atoms with Crippen molar-refractivity contribution >= 4 is 22.3 Å². The highest BCUT2D eigenvalue weighted by molar-refractivity contribution is 6.10. The number of nitrogens with two attached hydrogens (primary N) is 1. The first-order valence-corrected chi connectivity index (χ1v) is 6.03. The highest BCUT2D eigenvalue weighted by Gasteiger charge is 2.13. The molecule has 3 heteroatoms. The van der Waals surface area contributed by atoms with Crippen molar-refractivity contribution in [1.29, 1.82) is 5.41 Å². The van der Waals surface area contributed by atoms with Crippen molar-refractivity contribution in [2.75, 3.05) is 5.32 Å². The molecule has 2 aromatic rings. The van der Waals surface area contributed by atoms with Gasteiger partial charge in [0.15, 0.2) is 0 Å². The second kappa shape index (κ2) is 4.33. The molecule has 0 saturated heterocycles. The molecule has 0 aliphatic carbocycles. The van der Waals surface area contributed by atoms with Crippen LogP contribution in [0.5, 0.6) is 0 Å². The minimum atomic E-state index is 0.000508. The molecule has 18 heavy (non-hydrogen) atoms. The maximum Gasteiger partial charge on any atom is 0.123 e. The van der Waals surface area contributed by atoms with Crippen molar-refractivity contribution in [3.63, 3.8) is 0 Å². The zero-order chi connectivity index (χ0) is 13.3. The van der Waals surface area contributed by atoms with E-state index < -0.39 is 0 Å². The van der Waals surface area contributed by atoms with Gasteiger partial charge in [-0.25, -0.2) is 0 Å². The van der Waals surface area contributed by atoms with E-state index >= 15 is 0 Å². The van der Waals surface area contributed by atoms with E-state index in [4.69, 9.17) is 11.1 Å². The minimum Gasteiger partial charge on any atom is -0.384 e. The summed E-state index contributed by atoms with van der Waals surface area (Å²) >= 11 is 0. The summed E-state index contributed by atoms with van der Waals surface area (Å²) in [6.45, 7) is 6.38. The van der Waals surface area contributed by atoms with Crippen LogP contribution in [0.1, 0.15) is 26.3 Å². The lowest BCUT2D eigenvalue weighted by atomic mass is 10.0. The van der Waals surface area contributed by atoms with Gasteiger partial charge in [0.1, 0.15) is 5.84 Å². The molecule has 0 saturated carbocycles. The van der Waals surface area contributed by atoms with Crippen LogP contribution < -0.4 is 11.1 Å². The zero-order valence-corrected chi connectivity index (χ0v) is 11.0. The maximum atomic E-state index is 7.63. The maximum absolute atomic E-state index is 7.63. The molecule has 0 amide bonds. The summed E-state index contributed by atoms with van der Waals surface area (Å²) in [7, 11) is 0. The van der Waals surface area contributed by atoms with E-state index in [0.29, 0.717) is 0 Å². The lowest BCUT2D eigenvalue weighted by Crippen LogP contribution is -2.26. The van der Waals surface area contributed by atoms with Crippen LogP contribution in [0.3, 0.4) is 0 Å². The van der Waals surface area contributed by atoms with Gasteiger partial charge < -0.3 is 11.1 Å². The molecule has 0 aromatic heterocycles. The first-order chi connectivity index (χ1) is 8.38. The third-order valence-corrected chi connectivity index (χ3v) is 2.72. The summed E-state index contributed by atoms with van der Waals surface area (Å²) in [4.78, 5) is 0. The van der Waals surface area contributed by atoms with Crippen LogP contribution in [-0.4, -0.2) is 11.4 Å². The number of hydrogen-bond donors (Lipinski definition) is 3. The van der Waals surface area contributed by atoms with Crippen molar-refractivity contribution in [3.05, 3.63) is 42.0 Å². The van der Waals surface area contributed by atoms with Gasteiger partial charge in [0.05, 0.1) is 0 Å². The third kappa shape index (κ3) is 2.45. The Labute approximate surface area is 108 Å². The van der Waals surface area contributed by atoms with Crippen molar-refractivity contribution in [2.45, 2.75) is 26.3 Å². The number of nitrogen functional groups attached to an aromatic ring is 1. The largest absolute Gasteiger partial charge is 0.384 e. The van der Waals surface area contributed by atoms with Gasteiger partial charge in [0.2, 0.25) is 0 Å². The molecule has 0 atom stereocenters. The molecule has 3 nitrogen and oxygen atoms in total. The molecular formula is C15H19N3. The summed E-state index contributed by atoms with van der Waals surface area (Å²) in [5, 5.41) is 13.2. The monoisotopic (exact) mass is 241 g/mol. The van der Waals surface area contributed by atoms with Gasteiger partial charge in [-0.3, -0.25) is 5.41 Å². The second-order valence-corrected chi connectivity index (χ2v) is 5.49. The van der Waals surface area contributed by atoms with Gasteiger partial charge >= 0.3 is 0 Å². The Morgan fingerprint density at radius 3 is 2.22 bits per heavy atom. The average Bonchev–Trinajstić information content (AvgIpc) is 2.27.